The number of hydrogen-bond acceptors (Lipinski definition) is 4. The van der Waals surface area contributed by atoms with Gasteiger partial charge in [-0.25, -0.2) is 9.50 Å². The fourth-order valence-electron chi connectivity index (χ4n) is 3.29. The molecule has 0 bridgehead atoms. The van der Waals surface area contributed by atoms with Crippen LogP contribution in [-0.4, -0.2) is 25.7 Å². The SMILES string of the molecule is CC(C)c1ncc2c(=O)n3c(nn12)N(Cc1ccccc1)CCC3. The topological polar surface area (TPSA) is 55.4 Å². The Balaban J connectivity index is 1.84. The minimum atomic E-state index is -0.00263. The largest absolute Gasteiger partial charge is 0.337 e. The van der Waals surface area contributed by atoms with Crippen molar-refractivity contribution in [3.8, 4) is 0 Å². The first-order chi connectivity index (χ1) is 11.6. The van der Waals surface area contributed by atoms with Crippen LogP contribution in [0.15, 0.2) is 41.3 Å². The molecule has 2 aromatic heterocycles. The van der Waals surface area contributed by atoms with E-state index in [1.165, 1.54) is 5.56 Å². The minimum Gasteiger partial charge on any atom is -0.337 e. The molecule has 3 aromatic rings. The van der Waals surface area contributed by atoms with Gasteiger partial charge in [0.05, 0.1) is 6.20 Å². The van der Waals surface area contributed by atoms with E-state index >= 15 is 0 Å². The molecule has 0 saturated carbocycles. The zero-order valence-electron chi connectivity index (χ0n) is 14.0. The van der Waals surface area contributed by atoms with Gasteiger partial charge in [-0.15, -0.1) is 5.10 Å². The summed E-state index contributed by atoms with van der Waals surface area (Å²) in [4.78, 5) is 19.4. The Kier molecular flexibility index (Phi) is 3.59. The van der Waals surface area contributed by atoms with E-state index in [0.29, 0.717) is 12.1 Å². The molecule has 0 radical (unpaired) electrons. The Labute approximate surface area is 140 Å². The summed E-state index contributed by atoms with van der Waals surface area (Å²) in [5.41, 5.74) is 1.77. The maximum atomic E-state index is 12.8. The molecular weight excluding hydrogens is 302 g/mol. The molecule has 0 saturated heterocycles. The third-order valence-corrected chi connectivity index (χ3v) is 4.48. The maximum Gasteiger partial charge on any atom is 0.280 e. The van der Waals surface area contributed by atoms with Crippen LogP contribution in [0.25, 0.3) is 5.52 Å². The van der Waals surface area contributed by atoms with Crippen LogP contribution in [0.1, 0.15) is 37.6 Å². The van der Waals surface area contributed by atoms with Crippen molar-refractivity contribution in [2.45, 2.75) is 39.3 Å². The smallest absolute Gasteiger partial charge is 0.280 e. The van der Waals surface area contributed by atoms with Gasteiger partial charge in [0, 0.05) is 25.6 Å². The summed E-state index contributed by atoms with van der Waals surface area (Å²) in [5.74, 6) is 1.78. The average Bonchev–Trinajstić information content (AvgIpc) is 3.01. The van der Waals surface area contributed by atoms with Crippen molar-refractivity contribution < 1.29 is 0 Å². The molecule has 4 rings (SSSR count). The lowest BCUT2D eigenvalue weighted by atomic mass is 10.2. The molecular formula is C18H21N5O. The van der Waals surface area contributed by atoms with Crippen LogP contribution < -0.4 is 10.5 Å². The highest BCUT2D eigenvalue weighted by Gasteiger charge is 2.23. The Morgan fingerprint density at radius 1 is 1.17 bits per heavy atom. The summed E-state index contributed by atoms with van der Waals surface area (Å²) in [6.45, 7) is 6.50. The third kappa shape index (κ3) is 2.38. The third-order valence-electron chi connectivity index (χ3n) is 4.48. The van der Waals surface area contributed by atoms with E-state index < -0.39 is 0 Å². The Morgan fingerprint density at radius 3 is 2.71 bits per heavy atom. The minimum absolute atomic E-state index is 0.00263. The van der Waals surface area contributed by atoms with Crippen LogP contribution in [-0.2, 0) is 13.1 Å². The lowest BCUT2D eigenvalue weighted by Crippen LogP contribution is -2.39. The number of hydrogen-bond donors (Lipinski definition) is 0. The van der Waals surface area contributed by atoms with Gasteiger partial charge in [0.2, 0.25) is 5.95 Å². The summed E-state index contributed by atoms with van der Waals surface area (Å²) in [6, 6.07) is 10.3. The van der Waals surface area contributed by atoms with Crippen molar-refractivity contribution in [2.75, 3.05) is 11.4 Å². The van der Waals surface area contributed by atoms with E-state index in [2.05, 4.69) is 35.9 Å². The summed E-state index contributed by atoms with van der Waals surface area (Å²) >= 11 is 0. The van der Waals surface area contributed by atoms with Crippen LogP contribution in [0.5, 0.6) is 0 Å². The predicted octanol–water partition coefficient (Wildman–Crippen LogP) is 2.42. The fourth-order valence-corrected chi connectivity index (χ4v) is 3.29. The van der Waals surface area contributed by atoms with Crippen molar-refractivity contribution in [3.63, 3.8) is 0 Å². The van der Waals surface area contributed by atoms with E-state index in [1.807, 2.05) is 18.2 Å². The van der Waals surface area contributed by atoms with Gasteiger partial charge in [0.25, 0.3) is 5.56 Å². The number of nitrogens with zero attached hydrogens (tertiary/aromatic N) is 5. The molecule has 6 heteroatoms. The zero-order valence-corrected chi connectivity index (χ0v) is 14.0. The van der Waals surface area contributed by atoms with Crippen molar-refractivity contribution in [2.24, 2.45) is 0 Å². The van der Waals surface area contributed by atoms with Gasteiger partial charge in [0.15, 0.2) is 5.52 Å². The van der Waals surface area contributed by atoms with Gasteiger partial charge in [0.1, 0.15) is 5.82 Å². The Morgan fingerprint density at radius 2 is 1.96 bits per heavy atom. The number of rotatable bonds is 3. The first kappa shape index (κ1) is 14.9. The fraction of sp³-hybridized carbons (Fsp3) is 0.389. The molecule has 1 aromatic carbocycles. The molecule has 0 atom stereocenters. The van der Waals surface area contributed by atoms with Gasteiger partial charge in [-0.1, -0.05) is 44.2 Å². The van der Waals surface area contributed by atoms with Crippen LogP contribution in [0.3, 0.4) is 0 Å². The van der Waals surface area contributed by atoms with Crippen LogP contribution in [0.4, 0.5) is 5.95 Å². The molecule has 124 valence electrons. The number of fused-ring (bicyclic) bond motifs is 2. The predicted molar refractivity (Wildman–Crippen MR) is 93.4 cm³/mol. The van der Waals surface area contributed by atoms with E-state index in [0.717, 1.165) is 31.3 Å². The second kappa shape index (κ2) is 5.78. The van der Waals surface area contributed by atoms with Crippen molar-refractivity contribution >= 4 is 11.5 Å². The maximum absolute atomic E-state index is 12.8. The van der Waals surface area contributed by atoms with Gasteiger partial charge in [-0.3, -0.25) is 9.36 Å². The summed E-state index contributed by atoms with van der Waals surface area (Å²) < 4.78 is 3.51. The quantitative estimate of drug-likeness (QED) is 0.743. The molecule has 0 amide bonds. The second-order valence-electron chi connectivity index (χ2n) is 6.59. The van der Waals surface area contributed by atoms with Crippen LogP contribution >= 0.6 is 0 Å². The van der Waals surface area contributed by atoms with Crippen LogP contribution in [0, 0.1) is 0 Å². The molecule has 3 heterocycles. The van der Waals surface area contributed by atoms with Crippen molar-refractivity contribution in [3.05, 3.63) is 58.3 Å². The summed E-state index contributed by atoms with van der Waals surface area (Å²) in [5, 5.41) is 4.78. The number of anilines is 1. The Bertz CT molecular complexity index is 926. The van der Waals surface area contributed by atoms with E-state index in [-0.39, 0.29) is 11.5 Å². The second-order valence-corrected chi connectivity index (χ2v) is 6.59. The molecule has 0 N–H and O–H groups in total. The molecule has 1 aliphatic rings. The molecule has 0 fully saturated rings. The van der Waals surface area contributed by atoms with Crippen molar-refractivity contribution in [1.29, 1.82) is 0 Å². The normalized spacial score (nSPS) is 14.4. The molecule has 0 unspecified atom stereocenters. The average molecular weight is 323 g/mol. The highest BCUT2D eigenvalue weighted by Crippen LogP contribution is 2.21. The summed E-state index contributed by atoms with van der Waals surface area (Å²) in [7, 11) is 0. The van der Waals surface area contributed by atoms with Gasteiger partial charge < -0.3 is 4.90 Å². The Hall–Kier alpha value is -2.63. The highest BCUT2D eigenvalue weighted by molar-refractivity contribution is 5.47. The first-order valence-electron chi connectivity index (χ1n) is 8.42. The molecule has 0 aliphatic carbocycles. The number of benzene rings is 1. The zero-order chi connectivity index (χ0) is 16.7. The standard InChI is InChI=1S/C18H21N5O/c1-13(2)16-19-11-15-17(24)22-10-6-9-21(18(22)20-23(15)16)12-14-7-4-3-5-8-14/h3-5,7-8,11,13H,6,9-10,12H2,1-2H3. The van der Waals surface area contributed by atoms with Crippen molar-refractivity contribution in [1.82, 2.24) is 19.2 Å². The first-order valence-corrected chi connectivity index (χ1v) is 8.42. The van der Waals surface area contributed by atoms with E-state index in [1.54, 1.807) is 15.3 Å². The number of imidazole rings is 1. The van der Waals surface area contributed by atoms with E-state index in [4.69, 9.17) is 5.10 Å². The van der Waals surface area contributed by atoms with Gasteiger partial charge >= 0.3 is 0 Å². The lowest BCUT2D eigenvalue weighted by molar-refractivity contribution is 0.517. The highest BCUT2D eigenvalue weighted by atomic mass is 16.1. The molecule has 6 nitrogen and oxygen atoms in total. The molecule has 0 spiro atoms. The monoisotopic (exact) mass is 323 g/mol. The lowest BCUT2D eigenvalue weighted by Gasteiger charge is -2.30. The summed E-state index contributed by atoms with van der Waals surface area (Å²) in [6.07, 6.45) is 2.59. The molecule has 24 heavy (non-hydrogen) atoms. The van der Waals surface area contributed by atoms with Crippen LogP contribution in [0.2, 0.25) is 0 Å². The molecule has 1 aliphatic heterocycles. The van der Waals surface area contributed by atoms with Gasteiger partial charge in [-0.2, -0.15) is 0 Å². The van der Waals surface area contributed by atoms with Gasteiger partial charge in [-0.05, 0) is 12.0 Å². The van der Waals surface area contributed by atoms with E-state index in [9.17, 15) is 4.79 Å². The number of aromatic nitrogens is 4.